The van der Waals surface area contributed by atoms with E-state index >= 15 is 0 Å². The van der Waals surface area contributed by atoms with Crippen molar-refractivity contribution in [2.45, 2.75) is 12.6 Å². The third-order valence-electron chi connectivity index (χ3n) is 4.08. The van der Waals surface area contributed by atoms with Gasteiger partial charge >= 0.3 is 6.03 Å². The monoisotopic (exact) mass is 312 g/mol. The fourth-order valence-corrected chi connectivity index (χ4v) is 3.03. The highest BCUT2D eigenvalue weighted by Gasteiger charge is 2.30. The van der Waals surface area contributed by atoms with Crippen LogP contribution in [0, 0.1) is 0 Å². The Morgan fingerprint density at radius 1 is 1.13 bits per heavy atom. The normalized spacial score (nSPS) is 17.3. The van der Waals surface area contributed by atoms with Crippen LogP contribution in [0.1, 0.15) is 17.3 Å². The van der Waals surface area contributed by atoms with Gasteiger partial charge in [0.1, 0.15) is 0 Å². The molecule has 0 saturated heterocycles. The lowest BCUT2D eigenvalue weighted by Crippen LogP contribution is -2.47. The van der Waals surface area contributed by atoms with Crippen molar-refractivity contribution in [3.8, 4) is 0 Å². The zero-order valence-electron chi connectivity index (χ0n) is 13.0. The van der Waals surface area contributed by atoms with Gasteiger partial charge in [-0.25, -0.2) is 4.79 Å². The Balaban J connectivity index is 1.84. The fourth-order valence-electron chi connectivity index (χ4n) is 3.03. The molecule has 1 atom stereocenters. The molecule has 1 aromatic heterocycles. The number of nitrogens with zero attached hydrogens (tertiary/aromatic N) is 2. The van der Waals surface area contributed by atoms with E-state index in [2.05, 4.69) is 44.5 Å². The average Bonchev–Trinajstić information content (AvgIpc) is 3.03. The molecule has 120 valence electrons. The summed E-state index contributed by atoms with van der Waals surface area (Å²) in [5.41, 5.74) is 2.30. The van der Waals surface area contributed by atoms with Crippen LogP contribution < -0.4 is 10.6 Å². The Morgan fingerprint density at radius 2 is 1.91 bits per heavy atom. The van der Waals surface area contributed by atoms with Crippen molar-refractivity contribution in [1.82, 2.24) is 20.1 Å². The lowest BCUT2D eigenvalue weighted by Gasteiger charge is -2.36. The molecule has 6 nitrogen and oxygen atoms in total. The van der Waals surface area contributed by atoms with E-state index in [4.69, 9.17) is 0 Å². The molecule has 0 spiro atoms. The number of carbonyl (C=O) groups excluding carboxylic acids is 2. The maximum Gasteiger partial charge on any atom is 0.321 e. The van der Waals surface area contributed by atoms with Crippen molar-refractivity contribution in [2.24, 2.45) is 0 Å². The molecule has 0 fully saturated rings. The van der Waals surface area contributed by atoms with Crippen LogP contribution in [0.15, 0.2) is 48.7 Å². The van der Waals surface area contributed by atoms with Crippen LogP contribution in [0.5, 0.6) is 0 Å². The first kappa shape index (κ1) is 15.3. The number of carbonyl (C=O) groups is 2. The maximum absolute atomic E-state index is 12.1. The molecule has 0 aliphatic carbocycles. The molecule has 23 heavy (non-hydrogen) atoms. The number of benzene rings is 1. The van der Waals surface area contributed by atoms with E-state index in [-0.39, 0.29) is 18.5 Å². The molecular formula is C17H20N4O2. The number of hydrogen-bond donors (Lipinski definition) is 2. The van der Waals surface area contributed by atoms with Crippen LogP contribution in [-0.2, 0) is 11.3 Å². The van der Waals surface area contributed by atoms with Gasteiger partial charge in [0.05, 0.1) is 12.6 Å². The van der Waals surface area contributed by atoms with E-state index < -0.39 is 6.03 Å². The minimum atomic E-state index is -0.480. The summed E-state index contributed by atoms with van der Waals surface area (Å²) in [6, 6.07) is 13.8. The molecule has 0 radical (unpaired) electrons. The predicted octanol–water partition coefficient (Wildman–Crippen LogP) is 1.35. The third kappa shape index (κ3) is 3.27. The second kappa shape index (κ2) is 6.66. The average molecular weight is 312 g/mol. The van der Waals surface area contributed by atoms with E-state index in [1.54, 1.807) is 0 Å². The van der Waals surface area contributed by atoms with Gasteiger partial charge in [-0.15, -0.1) is 0 Å². The van der Waals surface area contributed by atoms with Crippen LogP contribution in [0.2, 0.25) is 0 Å². The molecule has 3 rings (SSSR count). The summed E-state index contributed by atoms with van der Waals surface area (Å²) in [5.74, 6) is -0.301. The standard InChI is InChI=1S/C17H20N4O2/c1-18-17(23)19-15(22)12-21-11-10-20-9-5-8-14(20)16(21)13-6-3-2-4-7-13/h2-9,16H,10-12H2,1H3,(H2,18,19,22,23)/t16-/m0/s1. The minimum Gasteiger partial charge on any atom is -0.348 e. The summed E-state index contributed by atoms with van der Waals surface area (Å²) in [5, 5.41) is 4.72. The highest BCUT2D eigenvalue weighted by Crippen LogP contribution is 2.31. The Hall–Kier alpha value is -2.60. The zero-order chi connectivity index (χ0) is 16.2. The van der Waals surface area contributed by atoms with Gasteiger partial charge in [-0.1, -0.05) is 30.3 Å². The van der Waals surface area contributed by atoms with Crippen LogP contribution in [-0.4, -0.2) is 41.5 Å². The lowest BCUT2D eigenvalue weighted by molar-refractivity contribution is -0.121. The summed E-state index contributed by atoms with van der Waals surface area (Å²) in [6.45, 7) is 1.76. The number of amides is 3. The molecule has 6 heteroatoms. The SMILES string of the molecule is CNC(=O)NC(=O)CN1CCn2cccc2[C@@H]1c1ccccc1. The fraction of sp³-hybridized carbons (Fsp3) is 0.294. The van der Waals surface area contributed by atoms with Gasteiger partial charge in [0.2, 0.25) is 5.91 Å². The van der Waals surface area contributed by atoms with Crippen molar-refractivity contribution in [2.75, 3.05) is 20.1 Å². The van der Waals surface area contributed by atoms with E-state index in [1.165, 1.54) is 7.05 Å². The smallest absolute Gasteiger partial charge is 0.321 e. The number of aromatic nitrogens is 1. The number of nitrogens with one attached hydrogen (secondary N) is 2. The molecule has 2 N–H and O–H groups in total. The topological polar surface area (TPSA) is 66.4 Å². The molecular weight excluding hydrogens is 292 g/mol. The largest absolute Gasteiger partial charge is 0.348 e. The molecule has 2 heterocycles. The second-order valence-corrected chi connectivity index (χ2v) is 5.54. The molecule has 1 aliphatic rings. The van der Waals surface area contributed by atoms with E-state index in [1.807, 2.05) is 24.3 Å². The van der Waals surface area contributed by atoms with Crippen molar-refractivity contribution in [3.05, 3.63) is 59.9 Å². The predicted molar refractivity (Wildman–Crippen MR) is 86.9 cm³/mol. The van der Waals surface area contributed by atoms with Gasteiger partial charge in [0.15, 0.2) is 0 Å². The van der Waals surface area contributed by atoms with E-state index in [9.17, 15) is 9.59 Å². The van der Waals surface area contributed by atoms with Gasteiger partial charge in [0.25, 0.3) is 0 Å². The lowest BCUT2D eigenvalue weighted by atomic mass is 10.00. The quantitative estimate of drug-likeness (QED) is 0.899. The number of fused-ring (bicyclic) bond motifs is 1. The summed E-state index contributed by atoms with van der Waals surface area (Å²) in [4.78, 5) is 25.5. The Labute approximate surface area is 135 Å². The molecule has 3 amide bonds. The zero-order valence-corrected chi connectivity index (χ0v) is 13.0. The summed E-state index contributed by atoms with van der Waals surface area (Å²) in [7, 11) is 1.49. The molecule has 1 aliphatic heterocycles. The van der Waals surface area contributed by atoms with Crippen molar-refractivity contribution >= 4 is 11.9 Å². The Morgan fingerprint density at radius 3 is 2.65 bits per heavy atom. The van der Waals surface area contributed by atoms with Crippen LogP contribution >= 0.6 is 0 Å². The van der Waals surface area contributed by atoms with Gasteiger partial charge < -0.3 is 9.88 Å². The van der Waals surface area contributed by atoms with Crippen LogP contribution in [0.3, 0.4) is 0 Å². The van der Waals surface area contributed by atoms with Gasteiger partial charge in [-0.2, -0.15) is 0 Å². The molecule has 0 bridgehead atoms. The Bertz CT molecular complexity index is 696. The number of hydrogen-bond acceptors (Lipinski definition) is 3. The van der Waals surface area contributed by atoms with E-state index in [0.29, 0.717) is 0 Å². The first-order chi connectivity index (χ1) is 11.2. The first-order valence-corrected chi connectivity index (χ1v) is 7.64. The molecule has 0 saturated carbocycles. The second-order valence-electron chi connectivity index (χ2n) is 5.54. The molecule has 0 unspecified atom stereocenters. The third-order valence-corrected chi connectivity index (χ3v) is 4.08. The first-order valence-electron chi connectivity index (χ1n) is 7.64. The Kier molecular flexibility index (Phi) is 4.43. The minimum absolute atomic E-state index is 0.00962. The van der Waals surface area contributed by atoms with Gasteiger partial charge in [-0.05, 0) is 17.7 Å². The van der Waals surface area contributed by atoms with Crippen molar-refractivity contribution in [1.29, 1.82) is 0 Å². The number of urea groups is 1. The summed E-state index contributed by atoms with van der Waals surface area (Å²) >= 11 is 0. The number of imide groups is 1. The highest BCUT2D eigenvalue weighted by atomic mass is 16.2. The van der Waals surface area contributed by atoms with E-state index in [0.717, 1.165) is 24.3 Å². The number of rotatable bonds is 3. The van der Waals surface area contributed by atoms with Gasteiger partial charge in [0, 0.05) is 32.0 Å². The van der Waals surface area contributed by atoms with Gasteiger partial charge in [-0.3, -0.25) is 15.0 Å². The van der Waals surface area contributed by atoms with Crippen LogP contribution in [0.4, 0.5) is 4.79 Å². The summed E-state index contributed by atoms with van der Waals surface area (Å²) < 4.78 is 2.21. The van der Waals surface area contributed by atoms with Crippen molar-refractivity contribution < 1.29 is 9.59 Å². The van der Waals surface area contributed by atoms with Crippen LogP contribution in [0.25, 0.3) is 0 Å². The molecule has 2 aromatic rings. The highest BCUT2D eigenvalue weighted by molar-refractivity contribution is 5.95. The van der Waals surface area contributed by atoms with Crippen molar-refractivity contribution in [3.63, 3.8) is 0 Å². The molecule has 1 aromatic carbocycles. The maximum atomic E-state index is 12.1. The summed E-state index contributed by atoms with van der Waals surface area (Å²) in [6.07, 6.45) is 2.06.